The molecule has 20 heavy (non-hydrogen) atoms. The first-order chi connectivity index (χ1) is 9.63. The molecule has 0 unspecified atom stereocenters. The number of hydrogen-bond acceptors (Lipinski definition) is 5. The number of nitrogens with one attached hydrogen (secondary N) is 1. The Kier molecular flexibility index (Phi) is 7.46. The van der Waals surface area contributed by atoms with E-state index in [-0.39, 0.29) is 5.91 Å². The molecular formula is C14H23N3O3. The summed E-state index contributed by atoms with van der Waals surface area (Å²) in [5.41, 5.74) is 6.39. The summed E-state index contributed by atoms with van der Waals surface area (Å²) in [5, 5.41) is 2.77. The second-order valence-corrected chi connectivity index (χ2v) is 4.47. The average molecular weight is 281 g/mol. The van der Waals surface area contributed by atoms with Gasteiger partial charge in [-0.1, -0.05) is 12.1 Å². The van der Waals surface area contributed by atoms with Crippen LogP contribution in [0.4, 0.5) is 5.69 Å². The van der Waals surface area contributed by atoms with Crippen LogP contribution in [0.15, 0.2) is 24.3 Å². The fourth-order valence-electron chi connectivity index (χ4n) is 1.60. The van der Waals surface area contributed by atoms with Gasteiger partial charge < -0.3 is 20.5 Å². The Morgan fingerprint density at radius 2 is 2.10 bits per heavy atom. The Bertz CT molecular complexity index is 412. The van der Waals surface area contributed by atoms with E-state index in [1.165, 1.54) is 0 Å². The highest BCUT2D eigenvalue weighted by atomic mass is 16.5. The summed E-state index contributed by atoms with van der Waals surface area (Å²) in [5.74, 6) is 0.647. The third-order valence-electron chi connectivity index (χ3n) is 2.69. The third-order valence-corrected chi connectivity index (χ3v) is 2.69. The Morgan fingerprint density at radius 3 is 2.80 bits per heavy atom. The highest BCUT2D eigenvalue weighted by Crippen LogP contribution is 2.19. The van der Waals surface area contributed by atoms with Crippen molar-refractivity contribution in [3.8, 4) is 5.75 Å². The van der Waals surface area contributed by atoms with Gasteiger partial charge in [-0.2, -0.15) is 0 Å². The van der Waals surface area contributed by atoms with Crippen LogP contribution in [0.25, 0.3) is 0 Å². The standard InChI is InChI=1S/C14H23N3O3/c1-17(11-14(18)16-7-9-19-2)8-10-20-13-6-4-3-5-12(13)15/h3-6H,7-11,15H2,1-2H3,(H,16,18). The normalized spacial score (nSPS) is 10.6. The molecular weight excluding hydrogens is 258 g/mol. The van der Waals surface area contributed by atoms with E-state index >= 15 is 0 Å². The number of ether oxygens (including phenoxy) is 2. The molecule has 0 bridgehead atoms. The Morgan fingerprint density at radius 1 is 1.35 bits per heavy atom. The first-order valence-corrected chi connectivity index (χ1v) is 6.55. The van der Waals surface area contributed by atoms with Crippen LogP contribution in [0.2, 0.25) is 0 Å². The van der Waals surface area contributed by atoms with Gasteiger partial charge in [-0.25, -0.2) is 0 Å². The predicted octanol–water partition coefficient (Wildman–Crippen LogP) is 0.342. The average Bonchev–Trinajstić information content (AvgIpc) is 2.41. The molecule has 0 aliphatic carbocycles. The summed E-state index contributed by atoms with van der Waals surface area (Å²) in [7, 11) is 3.47. The number of carbonyl (C=O) groups excluding carboxylic acids is 1. The zero-order valence-corrected chi connectivity index (χ0v) is 12.1. The van der Waals surface area contributed by atoms with E-state index in [1.807, 2.05) is 30.1 Å². The van der Waals surface area contributed by atoms with Gasteiger partial charge in [0, 0.05) is 20.2 Å². The molecule has 1 rings (SSSR count). The van der Waals surface area contributed by atoms with E-state index in [4.69, 9.17) is 15.2 Å². The number of para-hydroxylation sites is 2. The van der Waals surface area contributed by atoms with Crippen molar-refractivity contribution >= 4 is 11.6 Å². The fourth-order valence-corrected chi connectivity index (χ4v) is 1.60. The van der Waals surface area contributed by atoms with Crippen molar-refractivity contribution in [3.63, 3.8) is 0 Å². The van der Waals surface area contributed by atoms with Gasteiger partial charge in [-0.05, 0) is 19.2 Å². The van der Waals surface area contributed by atoms with Crippen molar-refractivity contribution in [2.75, 3.05) is 52.7 Å². The van der Waals surface area contributed by atoms with Gasteiger partial charge >= 0.3 is 0 Å². The number of hydrogen-bond donors (Lipinski definition) is 2. The second kappa shape index (κ2) is 9.17. The highest BCUT2D eigenvalue weighted by molar-refractivity contribution is 5.77. The van der Waals surface area contributed by atoms with Gasteiger partial charge in [0.25, 0.3) is 0 Å². The summed E-state index contributed by atoms with van der Waals surface area (Å²) in [6, 6.07) is 7.35. The maximum atomic E-state index is 11.5. The molecule has 0 aromatic heterocycles. The smallest absolute Gasteiger partial charge is 0.234 e. The van der Waals surface area contributed by atoms with Crippen molar-refractivity contribution < 1.29 is 14.3 Å². The third kappa shape index (κ3) is 6.40. The molecule has 0 fully saturated rings. The quantitative estimate of drug-likeness (QED) is 0.504. The van der Waals surface area contributed by atoms with E-state index in [2.05, 4.69) is 5.32 Å². The van der Waals surface area contributed by atoms with E-state index in [9.17, 15) is 4.79 Å². The lowest BCUT2D eigenvalue weighted by Crippen LogP contribution is -2.38. The minimum Gasteiger partial charge on any atom is -0.490 e. The molecule has 0 saturated carbocycles. The first-order valence-electron chi connectivity index (χ1n) is 6.55. The number of anilines is 1. The van der Waals surface area contributed by atoms with Crippen LogP contribution in [-0.2, 0) is 9.53 Å². The lowest BCUT2D eigenvalue weighted by molar-refractivity contribution is -0.122. The zero-order valence-electron chi connectivity index (χ0n) is 12.1. The molecule has 112 valence electrons. The highest BCUT2D eigenvalue weighted by Gasteiger charge is 2.06. The zero-order chi connectivity index (χ0) is 14.8. The van der Waals surface area contributed by atoms with Crippen LogP contribution in [0.3, 0.4) is 0 Å². The summed E-state index contributed by atoms with van der Waals surface area (Å²) < 4.78 is 10.4. The molecule has 6 nitrogen and oxygen atoms in total. The maximum absolute atomic E-state index is 11.5. The second-order valence-electron chi connectivity index (χ2n) is 4.47. The minimum absolute atomic E-state index is 0.0243. The summed E-state index contributed by atoms with van der Waals surface area (Å²) >= 11 is 0. The number of benzene rings is 1. The molecule has 1 aromatic rings. The first kappa shape index (κ1) is 16.3. The van der Waals surface area contributed by atoms with E-state index < -0.39 is 0 Å². The number of methoxy groups -OCH3 is 1. The monoisotopic (exact) mass is 281 g/mol. The topological polar surface area (TPSA) is 76.8 Å². The molecule has 0 spiro atoms. The fraction of sp³-hybridized carbons (Fsp3) is 0.500. The molecule has 0 saturated heterocycles. The summed E-state index contributed by atoms with van der Waals surface area (Å²) in [6.45, 7) is 2.51. The lowest BCUT2D eigenvalue weighted by atomic mass is 10.3. The van der Waals surface area contributed by atoms with Gasteiger partial charge in [-0.3, -0.25) is 9.69 Å². The van der Waals surface area contributed by atoms with Gasteiger partial charge in [0.15, 0.2) is 0 Å². The van der Waals surface area contributed by atoms with E-state index in [0.29, 0.717) is 44.3 Å². The SMILES string of the molecule is COCCNC(=O)CN(C)CCOc1ccccc1N. The summed E-state index contributed by atoms with van der Waals surface area (Å²) in [4.78, 5) is 13.4. The Hall–Kier alpha value is -1.79. The van der Waals surface area contributed by atoms with Crippen LogP contribution < -0.4 is 15.8 Å². The molecule has 6 heteroatoms. The van der Waals surface area contributed by atoms with Crippen LogP contribution in [0, 0.1) is 0 Å². The molecule has 0 aliphatic heterocycles. The van der Waals surface area contributed by atoms with Crippen molar-refractivity contribution in [2.45, 2.75) is 0 Å². The largest absolute Gasteiger partial charge is 0.490 e. The number of nitrogens with two attached hydrogens (primary N) is 1. The lowest BCUT2D eigenvalue weighted by Gasteiger charge is -2.17. The molecule has 0 atom stereocenters. The van der Waals surface area contributed by atoms with Crippen molar-refractivity contribution in [3.05, 3.63) is 24.3 Å². The minimum atomic E-state index is -0.0243. The maximum Gasteiger partial charge on any atom is 0.234 e. The number of rotatable bonds is 9. The molecule has 0 radical (unpaired) electrons. The number of amides is 1. The number of nitrogen functional groups attached to an aromatic ring is 1. The van der Waals surface area contributed by atoms with Gasteiger partial charge in [0.1, 0.15) is 12.4 Å². The van der Waals surface area contributed by atoms with Crippen LogP contribution in [0.5, 0.6) is 5.75 Å². The Labute approximate surface area is 119 Å². The van der Waals surface area contributed by atoms with Gasteiger partial charge in [-0.15, -0.1) is 0 Å². The molecule has 1 amide bonds. The number of nitrogens with zero attached hydrogens (tertiary/aromatic N) is 1. The van der Waals surface area contributed by atoms with Crippen LogP contribution in [0.1, 0.15) is 0 Å². The van der Waals surface area contributed by atoms with Crippen molar-refractivity contribution in [2.24, 2.45) is 0 Å². The summed E-state index contributed by atoms with van der Waals surface area (Å²) in [6.07, 6.45) is 0. The van der Waals surface area contributed by atoms with E-state index in [0.717, 1.165) is 0 Å². The molecule has 0 aliphatic rings. The van der Waals surface area contributed by atoms with Gasteiger partial charge in [0.2, 0.25) is 5.91 Å². The Balaban J connectivity index is 2.18. The molecule has 1 aromatic carbocycles. The molecule has 3 N–H and O–H groups in total. The van der Waals surface area contributed by atoms with Crippen LogP contribution >= 0.6 is 0 Å². The van der Waals surface area contributed by atoms with Crippen molar-refractivity contribution in [1.29, 1.82) is 0 Å². The molecule has 0 heterocycles. The number of carbonyl (C=O) groups is 1. The number of likely N-dealkylation sites (N-methyl/N-ethyl adjacent to an activating group) is 1. The van der Waals surface area contributed by atoms with Crippen LogP contribution in [-0.4, -0.2) is 57.8 Å². The van der Waals surface area contributed by atoms with Gasteiger partial charge in [0.05, 0.1) is 18.8 Å². The van der Waals surface area contributed by atoms with Crippen molar-refractivity contribution in [1.82, 2.24) is 10.2 Å². The predicted molar refractivity (Wildman–Crippen MR) is 78.7 cm³/mol. The van der Waals surface area contributed by atoms with E-state index in [1.54, 1.807) is 13.2 Å².